The second-order valence-electron chi connectivity index (χ2n) is 4.60. The molecule has 0 bridgehead atoms. The molecule has 1 heterocycles. The summed E-state index contributed by atoms with van der Waals surface area (Å²) in [6, 6.07) is 0. The van der Waals surface area contributed by atoms with Crippen molar-refractivity contribution < 1.29 is 19.4 Å². The van der Waals surface area contributed by atoms with E-state index in [1.54, 1.807) is 27.7 Å². The topological polar surface area (TPSA) is 89.6 Å². The largest absolute Gasteiger partial charge is 0.477 e. The number of carboxylic acid groups (broad SMARTS) is 1. The fourth-order valence-electron chi connectivity index (χ4n) is 1.32. The molecule has 0 saturated carbocycles. The monoisotopic (exact) mass is 257 g/mol. The summed E-state index contributed by atoms with van der Waals surface area (Å²) in [6.07, 6.45) is 0. The van der Waals surface area contributed by atoms with Crippen LogP contribution in [-0.4, -0.2) is 22.6 Å². The minimum atomic E-state index is -1.09. The molecule has 0 aliphatic heterocycles. The van der Waals surface area contributed by atoms with Crippen LogP contribution in [0, 0.1) is 6.92 Å². The van der Waals surface area contributed by atoms with Crippen LogP contribution >= 0.6 is 11.3 Å². The van der Waals surface area contributed by atoms with Crippen molar-refractivity contribution in [2.45, 2.75) is 33.3 Å². The first-order valence-corrected chi connectivity index (χ1v) is 5.80. The highest BCUT2D eigenvalue weighted by Crippen LogP contribution is 2.31. The van der Waals surface area contributed by atoms with Gasteiger partial charge in [-0.25, -0.2) is 9.59 Å². The summed E-state index contributed by atoms with van der Waals surface area (Å²) in [6.45, 7) is 6.76. The first-order valence-electron chi connectivity index (χ1n) is 4.99. The molecule has 0 unspecified atom stereocenters. The van der Waals surface area contributed by atoms with Crippen LogP contribution in [0.1, 0.15) is 46.4 Å². The Labute approximate surface area is 103 Å². The van der Waals surface area contributed by atoms with Crippen LogP contribution in [-0.2, 0) is 4.74 Å². The molecule has 0 spiro atoms. The van der Waals surface area contributed by atoms with Crippen molar-refractivity contribution in [2.75, 3.05) is 5.73 Å². The summed E-state index contributed by atoms with van der Waals surface area (Å²) in [7, 11) is 0. The van der Waals surface area contributed by atoms with Crippen molar-refractivity contribution in [1.29, 1.82) is 0 Å². The molecule has 0 aliphatic rings. The van der Waals surface area contributed by atoms with E-state index in [0.717, 1.165) is 11.3 Å². The molecular weight excluding hydrogens is 242 g/mol. The Morgan fingerprint density at radius 2 is 1.88 bits per heavy atom. The van der Waals surface area contributed by atoms with Gasteiger partial charge in [-0.2, -0.15) is 0 Å². The minimum absolute atomic E-state index is 0.0726. The number of carbonyl (C=O) groups is 2. The molecule has 0 radical (unpaired) electrons. The number of carbonyl (C=O) groups excluding carboxylic acids is 1. The van der Waals surface area contributed by atoms with Gasteiger partial charge in [0.05, 0.1) is 5.56 Å². The number of rotatable bonds is 2. The fraction of sp³-hybridized carbons (Fsp3) is 0.455. The normalized spacial score (nSPS) is 11.3. The lowest BCUT2D eigenvalue weighted by atomic mass is 10.1. The third-order valence-electron chi connectivity index (χ3n) is 1.97. The van der Waals surface area contributed by atoms with Gasteiger partial charge < -0.3 is 15.6 Å². The number of anilines is 1. The fourth-order valence-corrected chi connectivity index (χ4v) is 2.22. The Morgan fingerprint density at radius 1 is 1.35 bits per heavy atom. The Morgan fingerprint density at radius 3 is 2.24 bits per heavy atom. The average Bonchev–Trinajstić information content (AvgIpc) is 2.38. The van der Waals surface area contributed by atoms with Crippen molar-refractivity contribution in [3.8, 4) is 0 Å². The summed E-state index contributed by atoms with van der Waals surface area (Å²) in [5.74, 6) is -1.68. The second kappa shape index (κ2) is 4.37. The smallest absolute Gasteiger partial charge is 0.346 e. The standard InChI is InChI=1S/C11H15NO4S/c1-5-6(10(15)16-11(2,3)4)8(12)17-7(5)9(13)14/h12H2,1-4H3,(H,13,14). The van der Waals surface area contributed by atoms with E-state index in [-0.39, 0.29) is 15.4 Å². The number of nitrogen functional groups attached to an aromatic ring is 1. The van der Waals surface area contributed by atoms with Crippen LogP contribution in [0.3, 0.4) is 0 Å². The van der Waals surface area contributed by atoms with E-state index in [1.165, 1.54) is 0 Å². The van der Waals surface area contributed by atoms with E-state index >= 15 is 0 Å². The molecular formula is C11H15NO4S. The van der Waals surface area contributed by atoms with E-state index in [1.807, 2.05) is 0 Å². The van der Waals surface area contributed by atoms with Crippen LogP contribution in [0.15, 0.2) is 0 Å². The summed E-state index contributed by atoms with van der Waals surface area (Å²) in [5, 5.41) is 9.10. The zero-order valence-electron chi connectivity index (χ0n) is 10.2. The zero-order chi connectivity index (χ0) is 13.4. The van der Waals surface area contributed by atoms with Crippen LogP contribution in [0.25, 0.3) is 0 Å². The molecule has 1 rings (SSSR count). The van der Waals surface area contributed by atoms with Gasteiger partial charge in [0.1, 0.15) is 15.5 Å². The van der Waals surface area contributed by atoms with Gasteiger partial charge in [0, 0.05) is 0 Å². The van der Waals surface area contributed by atoms with Gasteiger partial charge in [0.25, 0.3) is 0 Å². The molecule has 0 atom stereocenters. The molecule has 1 aromatic rings. The average molecular weight is 257 g/mol. The number of thiophene rings is 1. The quantitative estimate of drug-likeness (QED) is 0.793. The number of ether oxygens (including phenoxy) is 1. The number of nitrogens with two attached hydrogens (primary N) is 1. The summed E-state index contributed by atoms with van der Waals surface area (Å²) in [5.41, 5.74) is 5.53. The number of carboxylic acids is 1. The van der Waals surface area contributed by atoms with Gasteiger partial charge >= 0.3 is 11.9 Å². The lowest BCUT2D eigenvalue weighted by molar-refractivity contribution is 0.00706. The third kappa shape index (κ3) is 2.97. The molecule has 0 saturated heterocycles. The van der Waals surface area contributed by atoms with Crippen molar-refractivity contribution in [3.05, 3.63) is 16.0 Å². The minimum Gasteiger partial charge on any atom is -0.477 e. The number of aromatic carboxylic acids is 1. The zero-order valence-corrected chi connectivity index (χ0v) is 11.0. The van der Waals surface area contributed by atoms with E-state index in [9.17, 15) is 9.59 Å². The van der Waals surface area contributed by atoms with Crippen LogP contribution in [0.4, 0.5) is 5.00 Å². The molecule has 0 fully saturated rings. The Kier molecular flexibility index (Phi) is 3.47. The number of esters is 1. The van der Waals surface area contributed by atoms with Gasteiger partial charge in [-0.3, -0.25) is 0 Å². The van der Waals surface area contributed by atoms with E-state index in [0.29, 0.717) is 5.56 Å². The van der Waals surface area contributed by atoms with Crippen molar-refractivity contribution in [1.82, 2.24) is 0 Å². The van der Waals surface area contributed by atoms with Crippen LogP contribution in [0.2, 0.25) is 0 Å². The molecule has 1 aromatic heterocycles. The number of hydrogen-bond acceptors (Lipinski definition) is 5. The first-order chi connectivity index (χ1) is 7.63. The maximum absolute atomic E-state index is 11.8. The molecule has 5 nitrogen and oxygen atoms in total. The molecule has 0 amide bonds. The predicted molar refractivity (Wildman–Crippen MR) is 65.6 cm³/mol. The van der Waals surface area contributed by atoms with E-state index in [2.05, 4.69) is 0 Å². The van der Waals surface area contributed by atoms with Gasteiger partial charge in [0.2, 0.25) is 0 Å². The highest BCUT2D eigenvalue weighted by molar-refractivity contribution is 7.18. The van der Waals surface area contributed by atoms with E-state index < -0.39 is 17.5 Å². The molecule has 94 valence electrons. The first kappa shape index (κ1) is 13.5. The highest BCUT2D eigenvalue weighted by atomic mass is 32.1. The Bertz CT molecular complexity index is 471. The molecule has 3 N–H and O–H groups in total. The van der Waals surface area contributed by atoms with Gasteiger partial charge in [-0.05, 0) is 33.3 Å². The summed E-state index contributed by atoms with van der Waals surface area (Å²) < 4.78 is 5.17. The lowest BCUT2D eigenvalue weighted by Crippen LogP contribution is -2.24. The molecule has 17 heavy (non-hydrogen) atoms. The van der Waals surface area contributed by atoms with Gasteiger partial charge in [0.15, 0.2) is 0 Å². The van der Waals surface area contributed by atoms with Crippen molar-refractivity contribution >= 4 is 28.3 Å². The van der Waals surface area contributed by atoms with Crippen LogP contribution < -0.4 is 5.73 Å². The number of hydrogen-bond donors (Lipinski definition) is 2. The Hall–Kier alpha value is -1.56. The van der Waals surface area contributed by atoms with Crippen molar-refractivity contribution in [2.24, 2.45) is 0 Å². The van der Waals surface area contributed by atoms with Gasteiger partial charge in [-0.1, -0.05) is 0 Å². The third-order valence-corrected chi connectivity index (χ3v) is 3.08. The van der Waals surface area contributed by atoms with Crippen LogP contribution in [0.5, 0.6) is 0 Å². The molecule has 0 aromatic carbocycles. The van der Waals surface area contributed by atoms with Gasteiger partial charge in [-0.15, -0.1) is 11.3 Å². The maximum atomic E-state index is 11.8. The summed E-state index contributed by atoms with van der Waals surface area (Å²) >= 11 is 0.881. The van der Waals surface area contributed by atoms with Crippen molar-refractivity contribution in [3.63, 3.8) is 0 Å². The predicted octanol–water partition coefficient (Wildman–Crippen LogP) is 2.29. The molecule has 0 aliphatic carbocycles. The second-order valence-corrected chi connectivity index (χ2v) is 5.65. The van der Waals surface area contributed by atoms with E-state index in [4.69, 9.17) is 15.6 Å². The molecule has 6 heteroatoms. The highest BCUT2D eigenvalue weighted by Gasteiger charge is 2.26. The maximum Gasteiger partial charge on any atom is 0.346 e. The lowest BCUT2D eigenvalue weighted by Gasteiger charge is -2.19. The summed E-state index contributed by atoms with van der Waals surface area (Å²) in [4.78, 5) is 22.8. The Balaban J connectivity index is 3.15. The SMILES string of the molecule is Cc1c(C(=O)O)sc(N)c1C(=O)OC(C)(C)C.